The lowest BCUT2D eigenvalue weighted by Gasteiger charge is -2.21. The summed E-state index contributed by atoms with van der Waals surface area (Å²) >= 11 is 5.50. The number of hydrogen-bond acceptors (Lipinski definition) is 7. The zero-order valence-electron chi connectivity index (χ0n) is 13.2. The van der Waals surface area contributed by atoms with E-state index in [9.17, 15) is 19.2 Å². The number of rotatable bonds is 12. The molecule has 0 rings (SSSR count). The Hall–Kier alpha value is -1.46. The Morgan fingerprint density at radius 1 is 1.08 bits per heavy atom. The minimum Gasteiger partial charge on any atom is -0.481 e. The molecule has 9 nitrogen and oxygen atoms in total. The van der Waals surface area contributed by atoms with Gasteiger partial charge >= 0.3 is 11.9 Å². The lowest BCUT2D eigenvalue weighted by Crippen LogP contribution is -2.55. The number of thioether (sulfide) groups is 1. The maximum Gasteiger partial charge on any atom is 0.326 e. The minimum atomic E-state index is -1.36. The Kier molecular flexibility index (Phi) is 11.3. The van der Waals surface area contributed by atoms with Gasteiger partial charge in [-0.3, -0.25) is 14.4 Å². The van der Waals surface area contributed by atoms with Gasteiger partial charge in [0.05, 0.1) is 6.04 Å². The van der Waals surface area contributed by atoms with Crippen LogP contribution in [0.2, 0.25) is 0 Å². The van der Waals surface area contributed by atoms with Crippen LogP contribution in [0.1, 0.15) is 19.3 Å². The summed E-state index contributed by atoms with van der Waals surface area (Å²) in [6.45, 7) is 0. The number of aliphatic carboxylic acids is 2. The number of amides is 2. The van der Waals surface area contributed by atoms with E-state index in [0.29, 0.717) is 12.2 Å². The number of carbonyl (C=O) groups is 4. The fourth-order valence-electron chi connectivity index (χ4n) is 1.65. The summed E-state index contributed by atoms with van der Waals surface area (Å²) in [5, 5.41) is 22.2. The predicted octanol–water partition coefficient (Wildman–Crippen LogP) is -1.08. The summed E-state index contributed by atoms with van der Waals surface area (Å²) < 4.78 is 0. The van der Waals surface area contributed by atoms with Gasteiger partial charge in [-0.05, 0) is 24.9 Å². The Balaban J connectivity index is 4.67. The first-order valence-corrected chi connectivity index (χ1v) is 9.16. The molecule has 2 amide bonds. The monoisotopic (exact) mass is 381 g/mol. The van der Waals surface area contributed by atoms with Crippen molar-refractivity contribution in [2.75, 3.05) is 17.8 Å². The van der Waals surface area contributed by atoms with Crippen LogP contribution in [-0.2, 0) is 19.2 Å². The molecule has 0 bridgehead atoms. The molecule has 0 radical (unpaired) electrons. The molecule has 0 heterocycles. The van der Waals surface area contributed by atoms with E-state index in [4.69, 9.17) is 15.9 Å². The van der Waals surface area contributed by atoms with Crippen LogP contribution in [0.25, 0.3) is 0 Å². The van der Waals surface area contributed by atoms with Gasteiger partial charge in [-0.1, -0.05) is 0 Å². The second kappa shape index (κ2) is 12.0. The van der Waals surface area contributed by atoms with E-state index in [2.05, 4.69) is 23.3 Å². The van der Waals surface area contributed by atoms with Crippen molar-refractivity contribution in [1.29, 1.82) is 0 Å². The van der Waals surface area contributed by atoms with Crippen LogP contribution in [0.3, 0.4) is 0 Å². The SMILES string of the molecule is CSCCC(N)C(=O)NC(CS)C(=O)NC(CCC(=O)O)C(=O)O. The largest absolute Gasteiger partial charge is 0.481 e. The molecule has 138 valence electrons. The van der Waals surface area contributed by atoms with Crippen molar-refractivity contribution in [1.82, 2.24) is 10.6 Å². The number of carbonyl (C=O) groups excluding carboxylic acids is 2. The predicted molar refractivity (Wildman–Crippen MR) is 93.2 cm³/mol. The van der Waals surface area contributed by atoms with Crippen molar-refractivity contribution in [3.05, 3.63) is 0 Å². The molecule has 0 aromatic rings. The lowest BCUT2D eigenvalue weighted by molar-refractivity contribution is -0.143. The standard InChI is InChI=1S/C13H23N3O6S2/c1-24-5-4-7(14)11(19)16-9(6-23)12(20)15-8(13(21)22)2-3-10(17)18/h7-9,23H,2-6,14H2,1H3,(H,15,20)(H,16,19)(H,17,18)(H,21,22). The molecule has 0 aliphatic rings. The Morgan fingerprint density at radius 2 is 1.67 bits per heavy atom. The summed E-state index contributed by atoms with van der Waals surface area (Å²) in [5.41, 5.74) is 5.70. The van der Waals surface area contributed by atoms with E-state index in [-0.39, 0.29) is 12.2 Å². The van der Waals surface area contributed by atoms with Crippen molar-refractivity contribution in [3.8, 4) is 0 Å². The number of hydrogen-bond donors (Lipinski definition) is 6. The number of carboxylic acid groups (broad SMARTS) is 2. The van der Waals surface area contributed by atoms with E-state index < -0.39 is 48.3 Å². The van der Waals surface area contributed by atoms with Gasteiger partial charge in [-0.2, -0.15) is 24.4 Å². The average Bonchev–Trinajstić information content (AvgIpc) is 2.52. The van der Waals surface area contributed by atoms with E-state index >= 15 is 0 Å². The van der Waals surface area contributed by atoms with E-state index in [1.807, 2.05) is 6.26 Å². The highest BCUT2D eigenvalue weighted by atomic mass is 32.2. The van der Waals surface area contributed by atoms with Crippen LogP contribution in [0, 0.1) is 0 Å². The molecule has 0 aromatic carbocycles. The summed E-state index contributed by atoms with van der Waals surface area (Å²) in [4.78, 5) is 45.6. The molecule has 3 unspecified atom stereocenters. The maximum absolute atomic E-state index is 12.1. The first kappa shape index (κ1) is 22.5. The highest BCUT2D eigenvalue weighted by Crippen LogP contribution is 2.02. The third-order valence-electron chi connectivity index (χ3n) is 3.05. The third-order valence-corrected chi connectivity index (χ3v) is 4.06. The van der Waals surface area contributed by atoms with Gasteiger partial charge < -0.3 is 26.6 Å². The smallest absolute Gasteiger partial charge is 0.326 e. The van der Waals surface area contributed by atoms with Gasteiger partial charge in [0.2, 0.25) is 11.8 Å². The van der Waals surface area contributed by atoms with Crippen LogP contribution >= 0.6 is 24.4 Å². The van der Waals surface area contributed by atoms with Crippen LogP contribution in [0.5, 0.6) is 0 Å². The maximum atomic E-state index is 12.1. The highest BCUT2D eigenvalue weighted by molar-refractivity contribution is 7.98. The highest BCUT2D eigenvalue weighted by Gasteiger charge is 2.27. The second-order valence-electron chi connectivity index (χ2n) is 4.96. The summed E-state index contributed by atoms with van der Waals surface area (Å²) in [6.07, 6.45) is 1.63. The van der Waals surface area contributed by atoms with Crippen LogP contribution < -0.4 is 16.4 Å². The fraction of sp³-hybridized carbons (Fsp3) is 0.692. The zero-order chi connectivity index (χ0) is 18.7. The van der Waals surface area contributed by atoms with Crippen LogP contribution in [0.4, 0.5) is 0 Å². The molecule has 0 fully saturated rings. The molecule has 0 saturated carbocycles. The molecule has 0 saturated heterocycles. The molecular formula is C13H23N3O6S2. The van der Waals surface area contributed by atoms with Crippen molar-refractivity contribution < 1.29 is 29.4 Å². The molecule has 6 N–H and O–H groups in total. The quantitative estimate of drug-likeness (QED) is 0.233. The fourth-order valence-corrected chi connectivity index (χ4v) is 2.39. The van der Waals surface area contributed by atoms with Crippen LogP contribution in [0.15, 0.2) is 0 Å². The molecule has 0 aromatic heterocycles. The Morgan fingerprint density at radius 3 is 2.12 bits per heavy atom. The lowest BCUT2D eigenvalue weighted by atomic mass is 10.1. The van der Waals surface area contributed by atoms with Crippen molar-refractivity contribution >= 4 is 48.1 Å². The molecule has 3 atom stereocenters. The molecule has 24 heavy (non-hydrogen) atoms. The normalized spacial score (nSPS) is 14.3. The third kappa shape index (κ3) is 8.99. The topological polar surface area (TPSA) is 159 Å². The number of thiol groups is 1. The molecule has 0 spiro atoms. The summed E-state index contributed by atoms with van der Waals surface area (Å²) in [6, 6.07) is -3.21. The first-order valence-electron chi connectivity index (χ1n) is 7.13. The van der Waals surface area contributed by atoms with Crippen molar-refractivity contribution in [3.63, 3.8) is 0 Å². The Bertz CT molecular complexity index is 463. The van der Waals surface area contributed by atoms with Gasteiger partial charge in [-0.15, -0.1) is 0 Å². The summed E-state index contributed by atoms with van der Waals surface area (Å²) in [7, 11) is 0. The average molecular weight is 381 g/mol. The molecular weight excluding hydrogens is 358 g/mol. The Labute approximate surface area is 149 Å². The first-order chi connectivity index (χ1) is 11.2. The van der Waals surface area contributed by atoms with E-state index in [1.54, 1.807) is 0 Å². The second-order valence-corrected chi connectivity index (χ2v) is 6.31. The minimum absolute atomic E-state index is 0.0574. The van der Waals surface area contributed by atoms with Crippen LogP contribution in [-0.4, -0.2) is 69.9 Å². The molecule has 11 heteroatoms. The van der Waals surface area contributed by atoms with Gasteiger partial charge in [-0.25, -0.2) is 4.79 Å². The zero-order valence-corrected chi connectivity index (χ0v) is 14.9. The van der Waals surface area contributed by atoms with Gasteiger partial charge in [0, 0.05) is 12.2 Å². The number of carboxylic acids is 2. The van der Waals surface area contributed by atoms with Gasteiger partial charge in [0.25, 0.3) is 0 Å². The summed E-state index contributed by atoms with van der Waals surface area (Å²) in [5.74, 6) is -3.19. The van der Waals surface area contributed by atoms with E-state index in [0.717, 1.165) is 0 Å². The van der Waals surface area contributed by atoms with E-state index in [1.165, 1.54) is 11.8 Å². The number of nitrogens with two attached hydrogens (primary N) is 1. The van der Waals surface area contributed by atoms with Crippen molar-refractivity contribution in [2.45, 2.75) is 37.4 Å². The van der Waals surface area contributed by atoms with Gasteiger partial charge in [0.15, 0.2) is 0 Å². The van der Waals surface area contributed by atoms with Crippen molar-refractivity contribution in [2.24, 2.45) is 5.73 Å². The molecule has 0 aliphatic heterocycles. The molecule has 0 aliphatic carbocycles. The van der Waals surface area contributed by atoms with Gasteiger partial charge in [0.1, 0.15) is 12.1 Å². The number of nitrogens with one attached hydrogen (secondary N) is 2.